The summed E-state index contributed by atoms with van der Waals surface area (Å²) in [4.78, 5) is 1.23. The number of hydrogen-bond acceptors (Lipinski definition) is 3. The second kappa shape index (κ2) is 6.36. The molecule has 18 heavy (non-hydrogen) atoms. The Hall–Kier alpha value is -0.840. The fourth-order valence-electron chi connectivity index (χ4n) is 1.65. The number of hydrogen-bond donors (Lipinski definition) is 1. The molecule has 1 unspecified atom stereocenters. The van der Waals surface area contributed by atoms with Crippen LogP contribution in [0.1, 0.15) is 23.4 Å². The van der Waals surface area contributed by atoms with Gasteiger partial charge in [-0.3, -0.25) is 0 Å². The lowest BCUT2D eigenvalue weighted by Gasteiger charge is -2.14. The molecule has 1 aromatic carbocycles. The van der Waals surface area contributed by atoms with Crippen molar-refractivity contribution in [1.82, 2.24) is 5.32 Å². The molecular weight excluding hydrogens is 310 g/mol. The Labute approximate surface area is 120 Å². The maximum atomic E-state index is 5.76. The van der Waals surface area contributed by atoms with Gasteiger partial charge in [-0.1, -0.05) is 28.1 Å². The molecule has 0 bridgehead atoms. The van der Waals surface area contributed by atoms with Crippen LogP contribution in [0.5, 0.6) is 5.75 Å². The molecule has 1 heterocycles. The third kappa shape index (κ3) is 3.34. The van der Waals surface area contributed by atoms with E-state index in [4.69, 9.17) is 4.74 Å². The van der Waals surface area contributed by atoms with E-state index >= 15 is 0 Å². The summed E-state index contributed by atoms with van der Waals surface area (Å²) in [5, 5.41) is 5.29. The zero-order valence-corrected chi connectivity index (χ0v) is 12.8. The van der Waals surface area contributed by atoms with Gasteiger partial charge in [-0.05, 0) is 43.1 Å². The number of benzene rings is 1. The topological polar surface area (TPSA) is 21.3 Å². The Kier molecular flexibility index (Phi) is 4.80. The molecule has 0 aliphatic carbocycles. The molecule has 0 radical (unpaired) electrons. The fourth-order valence-corrected chi connectivity index (χ4v) is 2.97. The number of ether oxygens (including phenoxy) is 1. The standard InChI is InChI=1S/C14H16BrNOS/c1-10(16-2)13-6-5-11(8-14(13)15)17-9-12-4-3-7-18-12/h3-8,10,16H,9H2,1-2H3. The monoisotopic (exact) mass is 325 g/mol. The van der Waals surface area contributed by atoms with Gasteiger partial charge in [-0.25, -0.2) is 0 Å². The van der Waals surface area contributed by atoms with Gasteiger partial charge >= 0.3 is 0 Å². The zero-order valence-electron chi connectivity index (χ0n) is 10.4. The van der Waals surface area contributed by atoms with Crippen LogP contribution in [0.15, 0.2) is 40.2 Å². The molecule has 0 fully saturated rings. The molecule has 1 aromatic heterocycles. The average Bonchev–Trinajstić information content (AvgIpc) is 2.88. The van der Waals surface area contributed by atoms with Gasteiger partial charge in [-0.15, -0.1) is 11.3 Å². The van der Waals surface area contributed by atoms with Gasteiger partial charge in [0.1, 0.15) is 12.4 Å². The highest BCUT2D eigenvalue weighted by Crippen LogP contribution is 2.28. The van der Waals surface area contributed by atoms with Crippen LogP contribution in [0.2, 0.25) is 0 Å². The van der Waals surface area contributed by atoms with Gasteiger partial charge in [0, 0.05) is 15.4 Å². The van der Waals surface area contributed by atoms with E-state index in [1.165, 1.54) is 10.4 Å². The Balaban J connectivity index is 2.04. The summed E-state index contributed by atoms with van der Waals surface area (Å²) in [6.07, 6.45) is 0. The van der Waals surface area contributed by atoms with E-state index in [2.05, 4.69) is 45.7 Å². The second-order valence-corrected chi connectivity index (χ2v) is 5.95. The first-order valence-electron chi connectivity index (χ1n) is 5.82. The molecule has 1 N–H and O–H groups in total. The van der Waals surface area contributed by atoms with Crippen LogP contribution in [-0.4, -0.2) is 7.05 Å². The van der Waals surface area contributed by atoms with E-state index in [1.807, 2.05) is 25.2 Å². The second-order valence-electron chi connectivity index (χ2n) is 4.06. The highest BCUT2D eigenvalue weighted by Gasteiger charge is 2.08. The molecule has 4 heteroatoms. The van der Waals surface area contributed by atoms with Crippen LogP contribution >= 0.6 is 27.3 Å². The maximum Gasteiger partial charge on any atom is 0.122 e. The molecule has 0 aliphatic heterocycles. The predicted octanol–water partition coefficient (Wildman–Crippen LogP) is 4.37. The van der Waals surface area contributed by atoms with Crippen molar-refractivity contribution < 1.29 is 4.74 Å². The van der Waals surface area contributed by atoms with Crippen molar-refractivity contribution in [3.05, 3.63) is 50.6 Å². The third-order valence-corrected chi connectivity index (χ3v) is 4.37. The Morgan fingerprint density at radius 2 is 2.22 bits per heavy atom. The highest BCUT2D eigenvalue weighted by atomic mass is 79.9. The Morgan fingerprint density at radius 1 is 1.39 bits per heavy atom. The minimum atomic E-state index is 0.325. The number of nitrogens with one attached hydrogen (secondary N) is 1. The van der Waals surface area contributed by atoms with Crippen molar-refractivity contribution in [3.63, 3.8) is 0 Å². The largest absolute Gasteiger partial charge is 0.488 e. The predicted molar refractivity (Wildman–Crippen MR) is 80.3 cm³/mol. The molecule has 0 saturated carbocycles. The van der Waals surface area contributed by atoms with Crippen molar-refractivity contribution in [2.24, 2.45) is 0 Å². The molecule has 2 nitrogen and oxygen atoms in total. The van der Waals surface area contributed by atoms with E-state index in [1.54, 1.807) is 11.3 Å². The smallest absolute Gasteiger partial charge is 0.122 e. The van der Waals surface area contributed by atoms with Crippen LogP contribution in [0.4, 0.5) is 0 Å². The van der Waals surface area contributed by atoms with E-state index < -0.39 is 0 Å². The molecule has 0 amide bonds. The van der Waals surface area contributed by atoms with Crippen LogP contribution in [0.25, 0.3) is 0 Å². The van der Waals surface area contributed by atoms with Crippen LogP contribution in [-0.2, 0) is 6.61 Å². The number of halogens is 1. The lowest BCUT2D eigenvalue weighted by molar-refractivity contribution is 0.309. The van der Waals surface area contributed by atoms with Crippen molar-refractivity contribution in [3.8, 4) is 5.75 Å². The van der Waals surface area contributed by atoms with Gasteiger partial charge < -0.3 is 10.1 Å². The molecular formula is C14H16BrNOS. The SMILES string of the molecule is CNC(C)c1ccc(OCc2cccs2)cc1Br. The van der Waals surface area contributed by atoms with Gasteiger partial charge in [0.05, 0.1) is 0 Å². The van der Waals surface area contributed by atoms with Gasteiger partial charge in [0.15, 0.2) is 0 Å². The summed E-state index contributed by atoms with van der Waals surface area (Å²) < 4.78 is 6.84. The van der Waals surface area contributed by atoms with Crippen LogP contribution < -0.4 is 10.1 Å². The van der Waals surface area contributed by atoms with E-state index in [-0.39, 0.29) is 0 Å². The first-order valence-corrected chi connectivity index (χ1v) is 7.50. The summed E-state index contributed by atoms with van der Waals surface area (Å²) >= 11 is 5.30. The summed E-state index contributed by atoms with van der Waals surface area (Å²) in [7, 11) is 1.96. The molecule has 0 aliphatic rings. The van der Waals surface area contributed by atoms with Gasteiger partial charge in [0.25, 0.3) is 0 Å². The van der Waals surface area contributed by atoms with Crippen LogP contribution in [0.3, 0.4) is 0 Å². The van der Waals surface area contributed by atoms with Gasteiger partial charge in [-0.2, -0.15) is 0 Å². The van der Waals surface area contributed by atoms with Crippen molar-refractivity contribution in [2.75, 3.05) is 7.05 Å². The fraction of sp³-hybridized carbons (Fsp3) is 0.286. The Morgan fingerprint density at radius 3 is 2.83 bits per heavy atom. The van der Waals surface area contributed by atoms with Crippen molar-refractivity contribution >= 4 is 27.3 Å². The molecule has 1 atom stereocenters. The quantitative estimate of drug-likeness (QED) is 0.881. The summed E-state index contributed by atoms with van der Waals surface area (Å²) in [5.41, 5.74) is 1.24. The third-order valence-electron chi connectivity index (χ3n) is 2.83. The van der Waals surface area contributed by atoms with Crippen LogP contribution in [0, 0.1) is 0 Å². The van der Waals surface area contributed by atoms with E-state index in [9.17, 15) is 0 Å². The summed E-state index contributed by atoms with van der Waals surface area (Å²) in [5.74, 6) is 0.891. The summed E-state index contributed by atoms with van der Waals surface area (Å²) in [6, 6.07) is 10.6. The molecule has 0 saturated heterocycles. The van der Waals surface area contributed by atoms with Crippen molar-refractivity contribution in [1.29, 1.82) is 0 Å². The Bertz CT molecular complexity index is 499. The zero-order chi connectivity index (χ0) is 13.0. The van der Waals surface area contributed by atoms with E-state index in [0.29, 0.717) is 12.6 Å². The molecule has 96 valence electrons. The number of thiophene rings is 1. The first-order chi connectivity index (χ1) is 8.70. The highest BCUT2D eigenvalue weighted by molar-refractivity contribution is 9.10. The van der Waals surface area contributed by atoms with Crippen molar-refractivity contribution in [2.45, 2.75) is 19.6 Å². The lowest BCUT2D eigenvalue weighted by atomic mass is 10.1. The average molecular weight is 326 g/mol. The van der Waals surface area contributed by atoms with E-state index in [0.717, 1.165) is 10.2 Å². The maximum absolute atomic E-state index is 5.76. The molecule has 2 aromatic rings. The summed E-state index contributed by atoms with van der Waals surface area (Å²) in [6.45, 7) is 2.76. The minimum Gasteiger partial charge on any atom is -0.488 e. The number of rotatable bonds is 5. The lowest BCUT2D eigenvalue weighted by Crippen LogP contribution is -2.12. The van der Waals surface area contributed by atoms with Gasteiger partial charge in [0.2, 0.25) is 0 Å². The minimum absolute atomic E-state index is 0.325. The molecule has 0 spiro atoms. The first kappa shape index (κ1) is 13.6. The molecule has 2 rings (SSSR count). The normalized spacial score (nSPS) is 12.4.